The van der Waals surface area contributed by atoms with Crippen LogP contribution in [0.1, 0.15) is 6.92 Å². The molecule has 0 spiro atoms. The third-order valence-electron chi connectivity index (χ3n) is 0.518. The summed E-state index contributed by atoms with van der Waals surface area (Å²) in [5, 5.41) is 0. The van der Waals surface area contributed by atoms with E-state index in [9.17, 15) is 4.57 Å². The van der Waals surface area contributed by atoms with E-state index in [2.05, 4.69) is 9.26 Å². The third kappa shape index (κ3) is 5.86. The lowest BCUT2D eigenvalue weighted by molar-refractivity contribution is 0.201. The van der Waals surface area contributed by atoms with Crippen molar-refractivity contribution < 1.29 is 13.8 Å². The molecule has 0 heterocycles. The van der Waals surface area contributed by atoms with E-state index in [-0.39, 0.29) is 6.35 Å². The van der Waals surface area contributed by atoms with E-state index < -0.39 is 14.3 Å². The number of hydrogen-bond acceptors (Lipinski definition) is 4. The summed E-state index contributed by atoms with van der Waals surface area (Å²) in [7, 11) is -0.261. The van der Waals surface area contributed by atoms with Crippen LogP contribution in [0.2, 0.25) is 0 Å². The summed E-state index contributed by atoms with van der Waals surface area (Å²) >= 11 is 0. The first-order chi connectivity index (χ1) is 4.16. The molecule has 0 aliphatic heterocycles. The highest BCUT2D eigenvalue weighted by molar-refractivity contribution is 7.38. The first-order valence-corrected chi connectivity index (χ1v) is 3.89. The van der Waals surface area contributed by atoms with E-state index >= 15 is 0 Å². The average molecular weight is 152 g/mol. The summed E-state index contributed by atoms with van der Waals surface area (Å²) in [6.45, 7) is 1.61. The minimum Gasteiger partial charge on any atom is -0.338 e. The largest absolute Gasteiger partial charge is 0.538 e. The maximum atomic E-state index is 10.6. The van der Waals surface area contributed by atoms with Crippen LogP contribution in [-0.4, -0.2) is 19.7 Å². The molecule has 2 N–H and O–H groups in total. The summed E-state index contributed by atoms with van der Waals surface area (Å²) in [6, 6.07) is 0. The molecule has 0 aliphatic carbocycles. The predicted molar refractivity (Wildman–Crippen MR) is 34.2 cm³/mol. The van der Waals surface area contributed by atoms with E-state index in [1.165, 1.54) is 7.11 Å². The van der Waals surface area contributed by atoms with Crippen LogP contribution >= 0.6 is 8.03 Å². The van der Waals surface area contributed by atoms with Crippen LogP contribution in [0.4, 0.5) is 0 Å². The van der Waals surface area contributed by atoms with Gasteiger partial charge >= 0.3 is 8.03 Å². The molecule has 4 nitrogen and oxygen atoms in total. The highest BCUT2D eigenvalue weighted by atomic mass is 31.1. The SMILES string of the molecule is COC[P+](=O)OC(C)N. The van der Waals surface area contributed by atoms with E-state index in [0.717, 1.165) is 0 Å². The van der Waals surface area contributed by atoms with Crippen LogP contribution in [0.5, 0.6) is 0 Å². The Kier molecular flexibility index (Phi) is 4.81. The van der Waals surface area contributed by atoms with Crippen molar-refractivity contribution in [1.82, 2.24) is 0 Å². The smallest absolute Gasteiger partial charge is 0.338 e. The number of rotatable bonds is 4. The minimum absolute atomic E-state index is 0.108. The van der Waals surface area contributed by atoms with E-state index in [0.29, 0.717) is 0 Å². The molecule has 0 amide bonds. The maximum Gasteiger partial charge on any atom is 0.538 e. The molecule has 54 valence electrons. The molecule has 2 unspecified atom stereocenters. The van der Waals surface area contributed by atoms with Gasteiger partial charge < -0.3 is 10.5 Å². The zero-order chi connectivity index (χ0) is 7.28. The van der Waals surface area contributed by atoms with Gasteiger partial charge in [-0.25, -0.2) is 0 Å². The summed E-state index contributed by atoms with van der Waals surface area (Å²) in [5.41, 5.74) is 5.16. The first kappa shape index (κ1) is 8.98. The topological polar surface area (TPSA) is 61.5 Å². The van der Waals surface area contributed by atoms with Gasteiger partial charge in [-0.1, -0.05) is 0 Å². The fourth-order valence-corrected chi connectivity index (χ4v) is 0.964. The van der Waals surface area contributed by atoms with Gasteiger partial charge in [-0.05, 0) is 11.5 Å². The van der Waals surface area contributed by atoms with Crippen molar-refractivity contribution in [3.05, 3.63) is 0 Å². The van der Waals surface area contributed by atoms with Gasteiger partial charge in [-0.15, -0.1) is 4.52 Å². The van der Waals surface area contributed by atoms with Crippen molar-refractivity contribution in [3.8, 4) is 0 Å². The molecule has 5 heteroatoms. The van der Waals surface area contributed by atoms with Gasteiger partial charge in [-0.2, -0.15) is 0 Å². The van der Waals surface area contributed by atoms with Gasteiger partial charge in [0.25, 0.3) is 6.35 Å². The van der Waals surface area contributed by atoms with Gasteiger partial charge in [0.05, 0.1) is 0 Å². The normalized spacial score (nSPS) is 15.2. The van der Waals surface area contributed by atoms with E-state index in [4.69, 9.17) is 5.73 Å². The second-order valence-corrected chi connectivity index (χ2v) is 2.70. The number of hydrogen-bond donors (Lipinski definition) is 1. The molecule has 2 atom stereocenters. The molecular weight excluding hydrogens is 141 g/mol. The highest BCUT2D eigenvalue weighted by Gasteiger charge is 2.18. The molecule has 0 fully saturated rings. The summed E-state index contributed by atoms with van der Waals surface area (Å²) in [4.78, 5) is 0. The monoisotopic (exact) mass is 152 g/mol. The van der Waals surface area contributed by atoms with Crippen molar-refractivity contribution in [1.29, 1.82) is 0 Å². The van der Waals surface area contributed by atoms with Crippen molar-refractivity contribution in [2.75, 3.05) is 13.5 Å². The lowest BCUT2D eigenvalue weighted by Gasteiger charge is -1.92. The standard InChI is InChI=1S/C4H11NO3P/c1-4(5)8-9(6)3-7-2/h4H,3,5H2,1-2H3/q+1. The Morgan fingerprint density at radius 3 is 2.67 bits per heavy atom. The Morgan fingerprint density at radius 2 is 2.33 bits per heavy atom. The quantitative estimate of drug-likeness (QED) is 0.474. The minimum atomic E-state index is -1.72. The Hall–Kier alpha value is -0.0200. The number of methoxy groups -OCH3 is 1. The Labute approximate surface area is 55.2 Å². The van der Waals surface area contributed by atoms with Crippen molar-refractivity contribution in [2.45, 2.75) is 13.2 Å². The summed E-state index contributed by atoms with van der Waals surface area (Å²) in [5.74, 6) is 0. The second kappa shape index (κ2) is 4.82. The molecule has 0 aromatic rings. The van der Waals surface area contributed by atoms with Crippen LogP contribution < -0.4 is 5.73 Å². The molecule has 0 aromatic carbocycles. The molecule has 0 rings (SSSR count). The Balaban J connectivity index is 3.27. The Morgan fingerprint density at radius 1 is 1.78 bits per heavy atom. The predicted octanol–water partition coefficient (Wildman–Crippen LogP) is 0.654. The van der Waals surface area contributed by atoms with E-state index in [1.54, 1.807) is 6.92 Å². The summed E-state index contributed by atoms with van der Waals surface area (Å²) < 4.78 is 19.8. The van der Waals surface area contributed by atoms with Gasteiger partial charge in [0, 0.05) is 7.11 Å². The van der Waals surface area contributed by atoms with Gasteiger partial charge in [0.15, 0.2) is 6.23 Å². The zero-order valence-corrected chi connectivity index (χ0v) is 6.43. The molecule has 9 heavy (non-hydrogen) atoms. The molecule has 0 aromatic heterocycles. The molecule has 0 aliphatic rings. The molecule has 0 saturated carbocycles. The van der Waals surface area contributed by atoms with Gasteiger partial charge in [-0.3, -0.25) is 0 Å². The van der Waals surface area contributed by atoms with Crippen LogP contribution in [0, 0.1) is 0 Å². The molecule has 0 radical (unpaired) electrons. The number of ether oxygens (including phenoxy) is 1. The van der Waals surface area contributed by atoms with Crippen LogP contribution in [0.15, 0.2) is 0 Å². The van der Waals surface area contributed by atoms with Gasteiger partial charge in [0.2, 0.25) is 0 Å². The van der Waals surface area contributed by atoms with Crippen LogP contribution in [-0.2, 0) is 13.8 Å². The highest BCUT2D eigenvalue weighted by Crippen LogP contribution is 2.21. The molecule has 0 bridgehead atoms. The molecule has 0 saturated heterocycles. The van der Waals surface area contributed by atoms with Gasteiger partial charge in [0.1, 0.15) is 0 Å². The Bertz CT molecular complexity index is 95.8. The van der Waals surface area contributed by atoms with Crippen molar-refractivity contribution in [2.24, 2.45) is 5.73 Å². The fourth-order valence-electron chi connectivity index (χ4n) is 0.321. The fraction of sp³-hybridized carbons (Fsp3) is 1.00. The van der Waals surface area contributed by atoms with Crippen molar-refractivity contribution >= 4 is 8.03 Å². The lowest BCUT2D eigenvalue weighted by Crippen LogP contribution is -2.15. The maximum absolute atomic E-state index is 10.6. The lowest BCUT2D eigenvalue weighted by atomic mass is 10.7. The van der Waals surface area contributed by atoms with Crippen molar-refractivity contribution in [3.63, 3.8) is 0 Å². The zero-order valence-electron chi connectivity index (χ0n) is 5.53. The third-order valence-corrected chi connectivity index (χ3v) is 1.56. The first-order valence-electron chi connectivity index (χ1n) is 2.52. The van der Waals surface area contributed by atoms with Crippen LogP contribution in [0.25, 0.3) is 0 Å². The summed E-state index contributed by atoms with van der Waals surface area (Å²) in [6.07, 6.45) is -0.375. The average Bonchev–Trinajstić information content (AvgIpc) is 1.63. The second-order valence-electron chi connectivity index (χ2n) is 1.56. The number of nitrogens with two attached hydrogens (primary N) is 1. The van der Waals surface area contributed by atoms with E-state index in [1.807, 2.05) is 0 Å². The molecular formula is C4H11NO3P+. The van der Waals surface area contributed by atoms with Crippen LogP contribution in [0.3, 0.4) is 0 Å².